The minimum Gasteiger partial charge on any atom is -0.293 e. The van der Waals surface area contributed by atoms with Gasteiger partial charge < -0.3 is 0 Å². The number of hydrogen-bond acceptors (Lipinski definition) is 2. The Morgan fingerprint density at radius 3 is 2.26 bits per heavy atom. The average Bonchev–Trinajstić information content (AvgIpc) is 2.56. The Bertz CT molecular complexity index is 904. The van der Waals surface area contributed by atoms with Crippen molar-refractivity contribution in [2.75, 3.05) is 0 Å². The van der Waals surface area contributed by atoms with Gasteiger partial charge in [0.05, 0.1) is 0 Å². The van der Waals surface area contributed by atoms with Gasteiger partial charge in [0, 0.05) is 6.20 Å². The maximum absolute atomic E-state index is 10.4. The zero-order valence-corrected chi connectivity index (χ0v) is 13.4. The van der Waals surface area contributed by atoms with Crippen LogP contribution in [0, 0.1) is 0 Å². The van der Waals surface area contributed by atoms with Gasteiger partial charge in [-0.05, 0) is 40.0 Å². The van der Waals surface area contributed by atoms with Crippen LogP contribution in [0.4, 0.5) is 0 Å². The summed E-state index contributed by atoms with van der Waals surface area (Å²) in [5, 5.41) is 2.50. The predicted octanol–water partition coefficient (Wildman–Crippen LogP) is 3.52. The smallest absolute Gasteiger partial charge is 0.222 e. The fourth-order valence-corrected chi connectivity index (χ4v) is 2.72. The molecule has 0 unspecified atom stereocenters. The molecule has 3 rings (SSSR count). The zero-order valence-electron chi connectivity index (χ0n) is 12.5. The molecule has 0 aromatic heterocycles. The summed E-state index contributed by atoms with van der Waals surface area (Å²) in [7, 11) is -2.59. The molecule has 4 heteroatoms. The van der Waals surface area contributed by atoms with Crippen LogP contribution in [0.5, 0.6) is 0 Å². The predicted molar refractivity (Wildman–Crippen MR) is 95.7 cm³/mol. The second-order valence-corrected chi connectivity index (χ2v) is 6.09. The van der Waals surface area contributed by atoms with Gasteiger partial charge in [-0.25, -0.2) is 8.42 Å². The molecular weight excluding hydrogens is 306 g/mol. The lowest BCUT2D eigenvalue weighted by molar-refractivity contribution is 0.610. The van der Waals surface area contributed by atoms with Crippen molar-refractivity contribution >= 4 is 27.7 Å². The third-order valence-corrected chi connectivity index (χ3v) is 4.02. The van der Waals surface area contributed by atoms with Gasteiger partial charge >= 0.3 is 0 Å². The Morgan fingerprint density at radius 2 is 1.52 bits per heavy atom. The number of nitrogens with one attached hydrogen (secondary N) is 1. The van der Waals surface area contributed by atoms with Crippen LogP contribution < -0.4 is 4.72 Å². The van der Waals surface area contributed by atoms with Crippen LogP contribution in [0.2, 0.25) is 0 Å². The van der Waals surface area contributed by atoms with Gasteiger partial charge in [0.15, 0.2) is 0 Å². The molecule has 0 aliphatic rings. The minimum absolute atomic E-state index is 0.875. The van der Waals surface area contributed by atoms with Crippen LogP contribution in [0.1, 0.15) is 16.7 Å². The lowest BCUT2D eigenvalue weighted by Crippen LogP contribution is -1.99. The van der Waals surface area contributed by atoms with Crippen molar-refractivity contribution in [1.82, 2.24) is 4.72 Å². The Kier molecular flexibility index (Phi) is 4.74. The molecule has 0 radical (unpaired) electrons. The summed E-state index contributed by atoms with van der Waals surface area (Å²) in [6.45, 7) is 0. The molecule has 3 aromatic carbocycles. The van der Waals surface area contributed by atoms with E-state index in [1.54, 1.807) is 6.08 Å². The van der Waals surface area contributed by atoms with Crippen molar-refractivity contribution in [2.24, 2.45) is 0 Å². The summed E-state index contributed by atoms with van der Waals surface area (Å²) in [5.41, 5.74) is 3.45. The normalized spacial score (nSPS) is 11.3. The molecule has 0 aliphatic heterocycles. The molecule has 0 bridgehead atoms. The van der Waals surface area contributed by atoms with Crippen LogP contribution in [0.25, 0.3) is 16.8 Å². The van der Waals surface area contributed by atoms with E-state index in [1.807, 2.05) is 18.2 Å². The Morgan fingerprint density at radius 1 is 0.826 bits per heavy atom. The van der Waals surface area contributed by atoms with Gasteiger partial charge in [-0.15, -0.1) is 0 Å². The van der Waals surface area contributed by atoms with Gasteiger partial charge in [-0.2, -0.15) is 0 Å². The van der Waals surface area contributed by atoms with Gasteiger partial charge in [0.1, 0.15) is 0 Å². The Balaban J connectivity index is 1.73. The maximum Gasteiger partial charge on any atom is 0.222 e. The van der Waals surface area contributed by atoms with Crippen molar-refractivity contribution in [3.63, 3.8) is 0 Å². The van der Waals surface area contributed by atoms with Crippen LogP contribution in [-0.4, -0.2) is 8.42 Å². The molecule has 0 saturated heterocycles. The first-order valence-electron chi connectivity index (χ1n) is 7.34. The van der Waals surface area contributed by atoms with Gasteiger partial charge in [0.2, 0.25) is 10.9 Å². The SMILES string of the molecule is O=[SH](=O)NC=Cc1ccc(Cc2ccc3ccccc3c2)cc1. The molecule has 1 N–H and O–H groups in total. The number of fused-ring (bicyclic) bond motifs is 1. The standard InChI is InChI=1S/C19H17NO2S/c21-23(22)20-12-11-15-5-7-16(8-6-15)13-17-9-10-18-3-1-2-4-19(18)14-17/h1-12,14,23H,13H2,(H,20,21,22). The summed E-state index contributed by atoms with van der Waals surface area (Å²) in [6, 6.07) is 22.9. The highest BCUT2D eigenvalue weighted by atomic mass is 32.2. The molecule has 116 valence electrons. The Labute approximate surface area is 137 Å². The molecule has 0 saturated carbocycles. The highest BCUT2D eigenvalue weighted by Crippen LogP contribution is 2.18. The Hall–Kier alpha value is -2.59. The fraction of sp³-hybridized carbons (Fsp3) is 0.0526. The largest absolute Gasteiger partial charge is 0.293 e. The third kappa shape index (κ3) is 4.20. The van der Waals surface area contributed by atoms with Gasteiger partial charge in [0.25, 0.3) is 0 Å². The first-order chi connectivity index (χ1) is 11.2. The van der Waals surface area contributed by atoms with Crippen LogP contribution in [0.15, 0.2) is 72.9 Å². The topological polar surface area (TPSA) is 46.2 Å². The molecule has 0 aliphatic carbocycles. The third-order valence-electron chi connectivity index (χ3n) is 3.66. The van der Waals surface area contributed by atoms with Crippen LogP contribution in [-0.2, 0) is 17.3 Å². The van der Waals surface area contributed by atoms with Gasteiger partial charge in [-0.1, -0.05) is 66.7 Å². The number of hydrogen-bond donors (Lipinski definition) is 2. The number of rotatable bonds is 5. The molecule has 0 spiro atoms. The molecule has 3 nitrogen and oxygen atoms in total. The second-order valence-electron chi connectivity index (χ2n) is 5.32. The summed E-state index contributed by atoms with van der Waals surface area (Å²) >= 11 is 0. The van der Waals surface area contributed by atoms with E-state index in [4.69, 9.17) is 0 Å². The maximum atomic E-state index is 10.4. The van der Waals surface area contributed by atoms with E-state index in [1.165, 1.54) is 28.1 Å². The highest BCUT2D eigenvalue weighted by Gasteiger charge is 1.99. The molecule has 0 atom stereocenters. The molecule has 0 fully saturated rings. The zero-order chi connectivity index (χ0) is 16.1. The summed E-state index contributed by atoms with van der Waals surface area (Å²) in [6.07, 6.45) is 4.02. The lowest BCUT2D eigenvalue weighted by Gasteiger charge is -2.05. The molecular formula is C19H17NO2S. The van der Waals surface area contributed by atoms with E-state index < -0.39 is 10.9 Å². The first-order valence-corrected chi connectivity index (χ1v) is 8.52. The minimum atomic E-state index is -2.59. The van der Waals surface area contributed by atoms with Gasteiger partial charge in [-0.3, -0.25) is 4.72 Å². The van der Waals surface area contributed by atoms with Crippen molar-refractivity contribution in [3.8, 4) is 0 Å². The fourth-order valence-electron chi connectivity index (χ4n) is 2.53. The van der Waals surface area contributed by atoms with E-state index in [0.717, 1.165) is 12.0 Å². The van der Waals surface area contributed by atoms with E-state index >= 15 is 0 Å². The molecule has 23 heavy (non-hydrogen) atoms. The summed E-state index contributed by atoms with van der Waals surface area (Å²) in [5.74, 6) is 0. The van der Waals surface area contributed by atoms with E-state index in [-0.39, 0.29) is 0 Å². The second kappa shape index (κ2) is 7.11. The molecule has 3 aromatic rings. The van der Waals surface area contributed by atoms with Crippen molar-refractivity contribution < 1.29 is 8.42 Å². The van der Waals surface area contributed by atoms with Crippen LogP contribution in [0.3, 0.4) is 0 Å². The molecule has 0 heterocycles. The van der Waals surface area contributed by atoms with E-state index in [9.17, 15) is 8.42 Å². The van der Waals surface area contributed by atoms with Crippen molar-refractivity contribution in [3.05, 3.63) is 89.6 Å². The first kappa shape index (κ1) is 15.3. The van der Waals surface area contributed by atoms with Crippen molar-refractivity contribution in [1.29, 1.82) is 0 Å². The number of benzene rings is 3. The average molecular weight is 323 g/mol. The highest BCUT2D eigenvalue weighted by molar-refractivity contribution is 7.70. The quantitative estimate of drug-likeness (QED) is 0.706. The van der Waals surface area contributed by atoms with E-state index in [2.05, 4.69) is 53.3 Å². The molecule has 0 amide bonds. The van der Waals surface area contributed by atoms with Crippen molar-refractivity contribution in [2.45, 2.75) is 6.42 Å². The summed E-state index contributed by atoms with van der Waals surface area (Å²) < 4.78 is 23.1. The lowest BCUT2D eigenvalue weighted by atomic mass is 10.0. The number of thiol groups is 1. The van der Waals surface area contributed by atoms with E-state index in [0.29, 0.717) is 0 Å². The summed E-state index contributed by atoms with van der Waals surface area (Å²) in [4.78, 5) is 0. The monoisotopic (exact) mass is 323 g/mol. The van der Waals surface area contributed by atoms with Crippen LogP contribution >= 0.6 is 0 Å².